The topological polar surface area (TPSA) is 46.0 Å². The number of fused-ring (bicyclic) bond motifs is 1. The zero-order valence-electron chi connectivity index (χ0n) is 16.5. The van der Waals surface area contributed by atoms with Crippen molar-refractivity contribution in [1.29, 1.82) is 0 Å². The molecular formula is C24H18Cl3FN2O. The van der Waals surface area contributed by atoms with Crippen LogP contribution in [0, 0.1) is 5.82 Å². The maximum atomic E-state index is 15.2. The highest BCUT2D eigenvalue weighted by atomic mass is 35.5. The van der Waals surface area contributed by atoms with Crippen LogP contribution in [0.5, 0.6) is 5.75 Å². The van der Waals surface area contributed by atoms with E-state index in [-0.39, 0.29) is 17.9 Å². The second kappa shape index (κ2) is 8.99. The molecule has 1 unspecified atom stereocenters. The molecule has 1 N–H and O–H groups in total. The van der Waals surface area contributed by atoms with Crippen LogP contribution >= 0.6 is 34.8 Å². The van der Waals surface area contributed by atoms with Gasteiger partial charge in [0.2, 0.25) is 0 Å². The largest absolute Gasteiger partial charge is 0.505 e. The summed E-state index contributed by atoms with van der Waals surface area (Å²) in [4.78, 5) is 8.55. The van der Waals surface area contributed by atoms with E-state index < -0.39 is 11.7 Å². The Hall–Kier alpha value is -2.40. The SMILES string of the molecule is CCc1c(Cl)cnc(CC(c2cc(Cl)ccc2Cl)c2ccc3cccnc3c2O)c1F. The molecule has 3 nitrogen and oxygen atoms in total. The van der Waals surface area contributed by atoms with E-state index in [1.807, 2.05) is 19.1 Å². The van der Waals surface area contributed by atoms with Crippen molar-refractivity contribution in [2.45, 2.75) is 25.7 Å². The Morgan fingerprint density at radius 1 is 1.00 bits per heavy atom. The summed E-state index contributed by atoms with van der Waals surface area (Å²) in [5.41, 5.74) is 2.33. The second-order valence-corrected chi connectivity index (χ2v) is 8.45. The smallest absolute Gasteiger partial charge is 0.149 e. The number of aromatic nitrogens is 2. The van der Waals surface area contributed by atoms with Crippen molar-refractivity contribution in [3.8, 4) is 5.75 Å². The number of benzene rings is 2. The van der Waals surface area contributed by atoms with E-state index >= 15 is 4.39 Å². The minimum Gasteiger partial charge on any atom is -0.505 e. The third-order valence-corrected chi connectivity index (χ3v) is 6.28. The number of phenolic OH excluding ortho intramolecular Hbond substituents is 1. The van der Waals surface area contributed by atoms with Crippen molar-refractivity contribution in [3.63, 3.8) is 0 Å². The Labute approximate surface area is 194 Å². The zero-order chi connectivity index (χ0) is 22.1. The van der Waals surface area contributed by atoms with Gasteiger partial charge in [-0.15, -0.1) is 0 Å². The lowest BCUT2D eigenvalue weighted by Gasteiger charge is -2.22. The van der Waals surface area contributed by atoms with Crippen molar-refractivity contribution in [3.05, 3.63) is 98.1 Å². The van der Waals surface area contributed by atoms with Crippen LogP contribution in [0.4, 0.5) is 4.39 Å². The lowest BCUT2D eigenvalue weighted by molar-refractivity contribution is 0.468. The summed E-state index contributed by atoms with van der Waals surface area (Å²) in [6, 6.07) is 12.4. The van der Waals surface area contributed by atoms with Gasteiger partial charge in [0.05, 0.1) is 10.7 Å². The summed E-state index contributed by atoms with van der Waals surface area (Å²) in [5.74, 6) is -0.939. The number of halogens is 4. The first-order valence-electron chi connectivity index (χ1n) is 9.74. The molecule has 2 aromatic heterocycles. The van der Waals surface area contributed by atoms with Crippen LogP contribution in [0.1, 0.15) is 35.2 Å². The lowest BCUT2D eigenvalue weighted by Crippen LogP contribution is -2.11. The molecule has 0 aliphatic rings. The maximum absolute atomic E-state index is 15.2. The molecule has 158 valence electrons. The van der Waals surface area contributed by atoms with Crippen LogP contribution in [-0.2, 0) is 12.8 Å². The van der Waals surface area contributed by atoms with Crippen molar-refractivity contribution in [2.24, 2.45) is 0 Å². The lowest BCUT2D eigenvalue weighted by atomic mass is 9.85. The van der Waals surface area contributed by atoms with Gasteiger partial charge in [-0.2, -0.15) is 0 Å². The molecule has 7 heteroatoms. The molecule has 1 atom stereocenters. The number of hydrogen-bond acceptors (Lipinski definition) is 3. The first-order valence-corrected chi connectivity index (χ1v) is 10.9. The molecule has 31 heavy (non-hydrogen) atoms. The summed E-state index contributed by atoms with van der Waals surface area (Å²) in [5, 5.41) is 13.1. The quantitative estimate of drug-likeness (QED) is 0.328. The minimum absolute atomic E-state index is 0.0178. The van der Waals surface area contributed by atoms with Crippen LogP contribution < -0.4 is 0 Å². The molecule has 0 saturated carbocycles. The normalized spacial score (nSPS) is 12.3. The Bertz CT molecular complexity index is 1280. The number of aromatic hydroxyl groups is 1. The van der Waals surface area contributed by atoms with Gasteiger partial charge in [-0.3, -0.25) is 9.97 Å². The number of nitrogens with zero attached hydrogens (tertiary/aromatic N) is 2. The molecule has 2 heterocycles. The standard InChI is InChI=1S/C24H18Cl3FN2O/c1-2-15-20(27)12-30-21(22(15)28)11-17(18-10-14(25)6-8-19(18)26)16-7-5-13-4-3-9-29-23(13)24(16)31/h3-10,12,17,31H,2,11H2,1H3. The van der Waals surface area contributed by atoms with E-state index in [0.717, 1.165) is 5.39 Å². The molecule has 0 radical (unpaired) electrons. The van der Waals surface area contributed by atoms with Gasteiger partial charge in [0.1, 0.15) is 17.1 Å². The van der Waals surface area contributed by atoms with E-state index in [9.17, 15) is 5.11 Å². The van der Waals surface area contributed by atoms with Crippen LogP contribution in [0.3, 0.4) is 0 Å². The van der Waals surface area contributed by atoms with Gasteiger partial charge in [-0.05, 0) is 36.2 Å². The van der Waals surface area contributed by atoms with Gasteiger partial charge in [0.15, 0.2) is 0 Å². The Balaban J connectivity index is 1.92. The molecule has 0 fully saturated rings. The molecule has 0 aliphatic carbocycles. The average molecular weight is 476 g/mol. The van der Waals surface area contributed by atoms with Crippen LogP contribution in [0.15, 0.2) is 54.9 Å². The number of phenols is 1. The van der Waals surface area contributed by atoms with Gasteiger partial charge in [0.25, 0.3) is 0 Å². The van der Waals surface area contributed by atoms with Gasteiger partial charge in [-0.1, -0.05) is 59.9 Å². The van der Waals surface area contributed by atoms with Gasteiger partial charge in [-0.25, -0.2) is 4.39 Å². The van der Waals surface area contributed by atoms with Gasteiger partial charge < -0.3 is 5.11 Å². The molecule has 4 aromatic rings. The first-order chi connectivity index (χ1) is 14.9. The van der Waals surface area contributed by atoms with Crippen molar-refractivity contribution < 1.29 is 9.50 Å². The van der Waals surface area contributed by atoms with Gasteiger partial charge in [0, 0.05) is 51.3 Å². The molecular weight excluding hydrogens is 458 g/mol. The van der Waals surface area contributed by atoms with Crippen molar-refractivity contribution in [2.75, 3.05) is 0 Å². The van der Waals surface area contributed by atoms with E-state index in [4.69, 9.17) is 34.8 Å². The van der Waals surface area contributed by atoms with Crippen molar-refractivity contribution in [1.82, 2.24) is 9.97 Å². The Morgan fingerprint density at radius 3 is 2.58 bits per heavy atom. The van der Waals surface area contributed by atoms with E-state index in [2.05, 4.69) is 9.97 Å². The molecule has 0 spiro atoms. The van der Waals surface area contributed by atoms with E-state index in [1.165, 1.54) is 6.20 Å². The minimum atomic E-state index is -0.509. The number of pyridine rings is 2. The van der Waals surface area contributed by atoms with Crippen LogP contribution in [-0.4, -0.2) is 15.1 Å². The summed E-state index contributed by atoms with van der Waals surface area (Å²) in [6.45, 7) is 1.83. The van der Waals surface area contributed by atoms with Crippen LogP contribution in [0.2, 0.25) is 15.1 Å². The van der Waals surface area contributed by atoms with Gasteiger partial charge >= 0.3 is 0 Å². The average Bonchev–Trinajstić information content (AvgIpc) is 2.76. The fourth-order valence-electron chi connectivity index (χ4n) is 3.80. The molecule has 0 aliphatic heterocycles. The summed E-state index contributed by atoms with van der Waals surface area (Å²) < 4.78 is 15.2. The van der Waals surface area contributed by atoms with E-state index in [0.29, 0.717) is 43.7 Å². The Kier molecular flexibility index (Phi) is 6.33. The molecule has 0 saturated heterocycles. The monoisotopic (exact) mass is 474 g/mol. The van der Waals surface area contributed by atoms with E-state index in [1.54, 1.807) is 36.5 Å². The molecule has 0 amide bonds. The summed E-state index contributed by atoms with van der Waals surface area (Å²) in [7, 11) is 0. The second-order valence-electron chi connectivity index (χ2n) is 7.20. The van der Waals surface area contributed by atoms with Crippen molar-refractivity contribution >= 4 is 45.7 Å². The van der Waals surface area contributed by atoms with Crippen LogP contribution in [0.25, 0.3) is 10.9 Å². The molecule has 4 rings (SSSR count). The maximum Gasteiger partial charge on any atom is 0.149 e. The predicted molar refractivity (Wildman–Crippen MR) is 124 cm³/mol. The molecule has 0 bridgehead atoms. The third kappa shape index (κ3) is 4.20. The predicted octanol–water partition coefficient (Wildman–Crippen LogP) is 7.37. The number of hydrogen-bond donors (Lipinski definition) is 1. The highest BCUT2D eigenvalue weighted by Crippen LogP contribution is 2.41. The highest BCUT2D eigenvalue weighted by Gasteiger charge is 2.25. The third-order valence-electron chi connectivity index (χ3n) is 5.38. The summed E-state index contributed by atoms with van der Waals surface area (Å²) in [6.07, 6.45) is 3.66. The fraction of sp³-hybridized carbons (Fsp3) is 0.167. The fourth-order valence-corrected chi connectivity index (χ4v) is 4.50. The Morgan fingerprint density at radius 2 is 1.81 bits per heavy atom. The highest BCUT2D eigenvalue weighted by molar-refractivity contribution is 6.33. The first kappa shape index (κ1) is 21.8. The molecule has 2 aromatic carbocycles. The number of rotatable bonds is 5. The zero-order valence-corrected chi connectivity index (χ0v) is 18.8. The summed E-state index contributed by atoms with van der Waals surface area (Å²) >= 11 is 18.9.